The number of hydrogen-bond donors (Lipinski definition) is 0. The Balaban J connectivity index is 1.51. The first-order valence-corrected chi connectivity index (χ1v) is 12.2. The molecule has 6 rings (SSSR count). The smallest absolute Gasteiger partial charge is 0.241 e. The lowest BCUT2D eigenvalue weighted by Gasteiger charge is -2.27. The fourth-order valence-electron chi connectivity index (χ4n) is 5.84. The number of ketones is 2. The quantitative estimate of drug-likeness (QED) is 0.398. The molecule has 0 bridgehead atoms. The monoisotopic (exact) mass is 479 g/mol. The van der Waals surface area contributed by atoms with Crippen LogP contribution in [0.15, 0.2) is 72.8 Å². The van der Waals surface area contributed by atoms with E-state index in [1.54, 1.807) is 36.4 Å². The van der Waals surface area contributed by atoms with Crippen LogP contribution >= 0.6 is 0 Å². The standard InChI is InChI=1S/C30H25NO5/c1-16(2)18-12-14-20(15-13-18)31-28(34)23-24(29(31)35)30(36-25(23)19-10-8-17(3)9-11-19)26(32)21-6-4-5-7-22(21)27(30)33/h4-16,23-25H,1-3H3/t23-,24+,25-/m0/s1. The Labute approximate surface area is 208 Å². The Morgan fingerprint density at radius 1 is 0.778 bits per heavy atom. The molecule has 1 spiro atoms. The number of imide groups is 1. The highest BCUT2D eigenvalue weighted by Gasteiger charge is 2.74. The molecular weight excluding hydrogens is 454 g/mol. The van der Waals surface area contributed by atoms with Gasteiger partial charge < -0.3 is 4.74 Å². The molecule has 3 atom stereocenters. The molecule has 2 heterocycles. The van der Waals surface area contributed by atoms with Gasteiger partial charge in [-0.2, -0.15) is 0 Å². The molecule has 3 aromatic rings. The molecule has 2 fully saturated rings. The lowest BCUT2D eigenvalue weighted by atomic mass is 9.77. The van der Waals surface area contributed by atoms with Crippen molar-refractivity contribution in [2.75, 3.05) is 4.90 Å². The third kappa shape index (κ3) is 2.88. The molecular formula is C30H25NO5. The van der Waals surface area contributed by atoms with Crippen LogP contribution < -0.4 is 4.90 Å². The molecule has 36 heavy (non-hydrogen) atoms. The zero-order valence-electron chi connectivity index (χ0n) is 20.2. The van der Waals surface area contributed by atoms with Gasteiger partial charge in [-0.1, -0.05) is 80.1 Å². The van der Waals surface area contributed by atoms with Crippen molar-refractivity contribution >= 4 is 29.1 Å². The molecule has 180 valence electrons. The minimum absolute atomic E-state index is 0.228. The van der Waals surface area contributed by atoms with Crippen LogP contribution in [0.3, 0.4) is 0 Å². The van der Waals surface area contributed by atoms with Gasteiger partial charge in [0.15, 0.2) is 0 Å². The third-order valence-electron chi connectivity index (χ3n) is 7.74. The number of benzene rings is 3. The Morgan fingerprint density at radius 3 is 1.92 bits per heavy atom. The average Bonchev–Trinajstić information content (AvgIpc) is 3.44. The zero-order chi connectivity index (χ0) is 25.4. The Kier molecular flexibility index (Phi) is 4.89. The van der Waals surface area contributed by atoms with Gasteiger partial charge in [0.05, 0.1) is 23.6 Å². The molecule has 0 aromatic heterocycles. The highest BCUT2D eigenvalue weighted by molar-refractivity contribution is 6.37. The fourth-order valence-corrected chi connectivity index (χ4v) is 5.84. The number of ether oxygens (including phenoxy) is 1. The van der Waals surface area contributed by atoms with Crippen molar-refractivity contribution in [1.29, 1.82) is 0 Å². The molecule has 2 aliphatic heterocycles. The summed E-state index contributed by atoms with van der Waals surface area (Å²) in [5.41, 5.74) is 1.58. The SMILES string of the molecule is Cc1ccc([C@@H]2OC3(C(=O)c4ccccc4C3=O)[C@H]3C(=O)N(c4ccc(C(C)C)cc4)C(=O)[C@H]23)cc1. The summed E-state index contributed by atoms with van der Waals surface area (Å²) >= 11 is 0. The van der Waals surface area contributed by atoms with Crippen molar-refractivity contribution in [1.82, 2.24) is 0 Å². The van der Waals surface area contributed by atoms with Gasteiger partial charge in [0.25, 0.3) is 0 Å². The van der Waals surface area contributed by atoms with Gasteiger partial charge in [-0.05, 0) is 36.1 Å². The summed E-state index contributed by atoms with van der Waals surface area (Å²) in [6.45, 7) is 6.07. The number of carbonyl (C=O) groups is 4. The molecule has 0 N–H and O–H groups in total. The van der Waals surface area contributed by atoms with Crippen molar-refractivity contribution in [2.24, 2.45) is 11.8 Å². The third-order valence-corrected chi connectivity index (χ3v) is 7.74. The van der Waals surface area contributed by atoms with Gasteiger partial charge >= 0.3 is 0 Å². The maximum Gasteiger partial charge on any atom is 0.241 e. The van der Waals surface area contributed by atoms with E-state index < -0.39 is 46.9 Å². The molecule has 3 aromatic carbocycles. The minimum Gasteiger partial charge on any atom is -0.349 e. The van der Waals surface area contributed by atoms with Crippen LogP contribution in [0.4, 0.5) is 5.69 Å². The summed E-state index contributed by atoms with van der Waals surface area (Å²) < 4.78 is 6.32. The lowest BCUT2D eigenvalue weighted by Crippen LogP contribution is -2.51. The van der Waals surface area contributed by atoms with E-state index in [1.807, 2.05) is 43.3 Å². The summed E-state index contributed by atoms with van der Waals surface area (Å²) in [6, 6.07) is 21.2. The zero-order valence-corrected chi connectivity index (χ0v) is 20.2. The molecule has 6 heteroatoms. The first-order chi connectivity index (χ1) is 17.3. The van der Waals surface area contributed by atoms with Crippen LogP contribution in [0.25, 0.3) is 0 Å². The second-order valence-electron chi connectivity index (χ2n) is 10.2. The normalized spacial score (nSPS) is 24.2. The molecule has 0 saturated carbocycles. The summed E-state index contributed by atoms with van der Waals surface area (Å²) in [4.78, 5) is 56.6. The van der Waals surface area contributed by atoms with Gasteiger partial charge in [-0.25, -0.2) is 4.90 Å². The minimum atomic E-state index is -2.05. The van der Waals surface area contributed by atoms with Crippen LogP contribution in [0.1, 0.15) is 63.3 Å². The predicted molar refractivity (Wildman–Crippen MR) is 133 cm³/mol. The fraction of sp³-hybridized carbons (Fsp3) is 0.267. The van der Waals surface area contributed by atoms with E-state index in [0.29, 0.717) is 17.2 Å². The topological polar surface area (TPSA) is 80.8 Å². The number of rotatable bonds is 3. The number of anilines is 1. The highest BCUT2D eigenvalue weighted by Crippen LogP contribution is 2.57. The second kappa shape index (κ2) is 7.80. The van der Waals surface area contributed by atoms with Crippen molar-refractivity contribution in [3.05, 3.63) is 101 Å². The van der Waals surface area contributed by atoms with Crippen molar-refractivity contribution in [2.45, 2.75) is 38.4 Å². The number of Topliss-reactive ketones (excluding diaryl/α,β-unsaturated/α-hetero) is 2. The van der Waals surface area contributed by atoms with Crippen LogP contribution in [-0.4, -0.2) is 29.0 Å². The van der Waals surface area contributed by atoms with E-state index in [-0.39, 0.29) is 11.1 Å². The Hall–Kier alpha value is -3.90. The van der Waals surface area contributed by atoms with E-state index in [4.69, 9.17) is 4.74 Å². The van der Waals surface area contributed by atoms with Crippen LogP contribution in [0.5, 0.6) is 0 Å². The Morgan fingerprint density at radius 2 is 1.36 bits per heavy atom. The number of aryl methyl sites for hydroxylation is 1. The second-order valence-corrected chi connectivity index (χ2v) is 10.2. The number of fused-ring (bicyclic) bond motifs is 3. The number of nitrogens with zero attached hydrogens (tertiary/aromatic N) is 1. The Bertz CT molecular complexity index is 1400. The molecule has 0 radical (unpaired) electrons. The summed E-state index contributed by atoms with van der Waals surface area (Å²) in [5, 5.41) is 0. The van der Waals surface area contributed by atoms with Crippen LogP contribution in [0.2, 0.25) is 0 Å². The highest BCUT2D eigenvalue weighted by atomic mass is 16.5. The molecule has 6 nitrogen and oxygen atoms in total. The van der Waals surface area contributed by atoms with E-state index >= 15 is 0 Å². The molecule has 2 amide bonds. The number of amides is 2. The van der Waals surface area contributed by atoms with Crippen LogP contribution in [-0.2, 0) is 14.3 Å². The molecule has 2 saturated heterocycles. The molecule has 3 aliphatic rings. The van der Waals surface area contributed by atoms with Crippen molar-refractivity contribution in [3.8, 4) is 0 Å². The van der Waals surface area contributed by atoms with Gasteiger partial charge in [0.2, 0.25) is 29.0 Å². The van der Waals surface area contributed by atoms with Crippen molar-refractivity contribution in [3.63, 3.8) is 0 Å². The van der Waals surface area contributed by atoms with E-state index in [1.165, 1.54) is 0 Å². The largest absolute Gasteiger partial charge is 0.349 e. The first-order valence-electron chi connectivity index (χ1n) is 12.2. The number of carbonyl (C=O) groups excluding carboxylic acids is 4. The van der Waals surface area contributed by atoms with Gasteiger partial charge in [-0.3, -0.25) is 19.2 Å². The maximum atomic E-state index is 14.0. The van der Waals surface area contributed by atoms with E-state index in [2.05, 4.69) is 13.8 Å². The van der Waals surface area contributed by atoms with Gasteiger partial charge in [0, 0.05) is 11.1 Å². The average molecular weight is 480 g/mol. The van der Waals surface area contributed by atoms with Gasteiger partial charge in [0.1, 0.15) is 0 Å². The molecule has 0 unspecified atom stereocenters. The first kappa shape index (κ1) is 22.6. The van der Waals surface area contributed by atoms with Gasteiger partial charge in [-0.15, -0.1) is 0 Å². The summed E-state index contributed by atoms with van der Waals surface area (Å²) in [7, 11) is 0. The number of hydrogen-bond acceptors (Lipinski definition) is 5. The lowest BCUT2D eigenvalue weighted by molar-refractivity contribution is -0.127. The van der Waals surface area contributed by atoms with E-state index in [0.717, 1.165) is 16.0 Å². The van der Waals surface area contributed by atoms with Crippen LogP contribution in [0, 0.1) is 18.8 Å². The van der Waals surface area contributed by atoms with Crippen molar-refractivity contribution < 1.29 is 23.9 Å². The summed E-state index contributed by atoms with van der Waals surface area (Å²) in [6.07, 6.45) is -0.908. The maximum absolute atomic E-state index is 14.0. The van der Waals surface area contributed by atoms with E-state index in [9.17, 15) is 19.2 Å². The predicted octanol–water partition coefficient (Wildman–Crippen LogP) is 4.81. The molecule has 1 aliphatic carbocycles. The summed E-state index contributed by atoms with van der Waals surface area (Å²) in [5.74, 6) is -4.08.